The topological polar surface area (TPSA) is 139 Å². The van der Waals surface area contributed by atoms with Crippen LogP contribution in [-0.4, -0.2) is 55.8 Å². The highest BCUT2D eigenvalue weighted by atomic mass is 35.5. The fourth-order valence-electron chi connectivity index (χ4n) is 4.40. The molecule has 0 radical (unpaired) electrons. The summed E-state index contributed by atoms with van der Waals surface area (Å²) in [7, 11) is -3.28. The number of amides is 2. The van der Waals surface area contributed by atoms with Crippen LogP contribution in [0, 0.1) is 24.0 Å². The molecule has 0 heterocycles. The van der Waals surface area contributed by atoms with E-state index in [1.54, 1.807) is 20.8 Å². The van der Waals surface area contributed by atoms with E-state index in [9.17, 15) is 28.1 Å². The summed E-state index contributed by atoms with van der Waals surface area (Å²) < 4.78 is 34.6. The molecule has 0 saturated carbocycles. The number of nitrogens with one attached hydrogen (secondary N) is 1. The molecule has 0 aliphatic heterocycles. The molecule has 0 saturated heterocycles. The van der Waals surface area contributed by atoms with E-state index < -0.39 is 49.9 Å². The summed E-state index contributed by atoms with van der Waals surface area (Å²) >= 11 is 6.25. The molecule has 230 valence electrons. The van der Waals surface area contributed by atoms with Crippen LogP contribution in [0.1, 0.15) is 37.5 Å². The van der Waals surface area contributed by atoms with Crippen molar-refractivity contribution >= 4 is 44.8 Å². The number of sulfonamides is 1. The van der Waals surface area contributed by atoms with Gasteiger partial charge < -0.3 is 15.0 Å². The average Bonchev–Trinajstić information content (AvgIpc) is 2.94. The third-order valence-electron chi connectivity index (χ3n) is 6.85. The number of methoxy groups -OCH3 is 1. The standard InChI is InChI=1S/C30H35ClN4O7S/c1-19(2)32-30(37)22(5)33(17-23-10-8-7-9-20(23)3)29(36)18-34(27-15-24(31)12-14-28(27)42-6)43(40,41)25-13-11-21(4)26(16-25)35(38)39/h7-16,19,22H,17-18H2,1-6H3,(H,32,37)/t22-/m0/s1. The molecule has 0 fully saturated rings. The van der Waals surface area contributed by atoms with E-state index in [2.05, 4.69) is 5.32 Å². The molecule has 0 aliphatic carbocycles. The molecular formula is C30H35ClN4O7S. The van der Waals surface area contributed by atoms with Gasteiger partial charge in [0.05, 0.1) is 22.6 Å². The maximum absolute atomic E-state index is 14.2. The molecule has 0 spiro atoms. The van der Waals surface area contributed by atoms with Crippen molar-refractivity contribution in [2.45, 2.75) is 58.1 Å². The van der Waals surface area contributed by atoms with Gasteiger partial charge in [0.2, 0.25) is 11.8 Å². The van der Waals surface area contributed by atoms with E-state index in [0.717, 1.165) is 21.5 Å². The molecule has 0 aromatic heterocycles. The molecule has 0 unspecified atom stereocenters. The van der Waals surface area contributed by atoms with Crippen molar-refractivity contribution < 1.29 is 27.7 Å². The number of rotatable bonds is 12. The Morgan fingerprint density at radius 2 is 1.70 bits per heavy atom. The number of halogens is 1. The molecular weight excluding hydrogens is 596 g/mol. The van der Waals surface area contributed by atoms with Crippen molar-refractivity contribution in [2.24, 2.45) is 0 Å². The third-order valence-corrected chi connectivity index (χ3v) is 8.84. The number of anilines is 1. The van der Waals surface area contributed by atoms with Gasteiger partial charge in [-0.3, -0.25) is 24.0 Å². The highest BCUT2D eigenvalue weighted by Crippen LogP contribution is 2.36. The minimum Gasteiger partial charge on any atom is -0.495 e. The zero-order valence-electron chi connectivity index (χ0n) is 24.8. The predicted octanol–water partition coefficient (Wildman–Crippen LogP) is 5.01. The number of hydrogen-bond acceptors (Lipinski definition) is 7. The molecule has 0 bridgehead atoms. The molecule has 13 heteroatoms. The van der Waals surface area contributed by atoms with Crippen LogP contribution in [0.3, 0.4) is 0 Å². The summed E-state index contributed by atoms with van der Waals surface area (Å²) in [5, 5.41) is 14.6. The van der Waals surface area contributed by atoms with Crippen LogP contribution >= 0.6 is 11.6 Å². The van der Waals surface area contributed by atoms with E-state index in [1.807, 2.05) is 31.2 Å². The van der Waals surface area contributed by atoms with E-state index in [4.69, 9.17) is 16.3 Å². The van der Waals surface area contributed by atoms with Gasteiger partial charge >= 0.3 is 0 Å². The molecule has 0 aliphatic rings. The fourth-order valence-corrected chi connectivity index (χ4v) is 6.01. The van der Waals surface area contributed by atoms with Gasteiger partial charge in [-0.15, -0.1) is 0 Å². The van der Waals surface area contributed by atoms with Gasteiger partial charge in [0.1, 0.15) is 18.3 Å². The van der Waals surface area contributed by atoms with Crippen LogP contribution in [0.5, 0.6) is 5.75 Å². The second-order valence-corrected chi connectivity index (χ2v) is 12.6. The predicted molar refractivity (Wildman–Crippen MR) is 165 cm³/mol. The van der Waals surface area contributed by atoms with Gasteiger partial charge in [-0.2, -0.15) is 0 Å². The Hall–Kier alpha value is -4.16. The highest BCUT2D eigenvalue weighted by Gasteiger charge is 2.35. The van der Waals surface area contributed by atoms with Gasteiger partial charge in [-0.05, 0) is 70.0 Å². The zero-order valence-corrected chi connectivity index (χ0v) is 26.4. The SMILES string of the molecule is COc1ccc(Cl)cc1N(CC(=O)N(Cc1ccccc1C)[C@@H](C)C(=O)NC(C)C)S(=O)(=O)c1ccc(C)c([N+](=O)[O-])c1. The third kappa shape index (κ3) is 7.82. The van der Waals surface area contributed by atoms with Crippen LogP contribution < -0.4 is 14.4 Å². The Morgan fingerprint density at radius 1 is 1.02 bits per heavy atom. The van der Waals surface area contributed by atoms with Crippen LogP contribution in [-0.2, 0) is 26.2 Å². The minimum atomic E-state index is -4.61. The molecule has 1 N–H and O–H groups in total. The van der Waals surface area contributed by atoms with Crippen molar-refractivity contribution in [1.82, 2.24) is 10.2 Å². The number of benzene rings is 3. The molecule has 3 rings (SSSR count). The van der Waals surface area contributed by atoms with Crippen molar-refractivity contribution in [1.29, 1.82) is 0 Å². The molecule has 11 nitrogen and oxygen atoms in total. The van der Waals surface area contributed by atoms with Crippen LogP contribution in [0.25, 0.3) is 0 Å². The lowest BCUT2D eigenvalue weighted by molar-refractivity contribution is -0.385. The second-order valence-electron chi connectivity index (χ2n) is 10.3. The quantitative estimate of drug-likeness (QED) is 0.219. The first-order chi connectivity index (χ1) is 20.2. The Balaban J connectivity index is 2.18. The maximum atomic E-state index is 14.2. The summed E-state index contributed by atoms with van der Waals surface area (Å²) in [6.07, 6.45) is 0. The van der Waals surface area contributed by atoms with Crippen molar-refractivity contribution in [2.75, 3.05) is 18.0 Å². The fraction of sp³-hybridized carbons (Fsp3) is 0.333. The molecule has 1 atom stereocenters. The van der Waals surface area contributed by atoms with Crippen LogP contribution in [0.2, 0.25) is 5.02 Å². The first-order valence-corrected chi connectivity index (χ1v) is 15.2. The Kier molecular flexibility index (Phi) is 10.8. The number of ether oxygens (including phenoxy) is 1. The summed E-state index contributed by atoms with van der Waals surface area (Å²) in [5.74, 6) is -1.01. The summed E-state index contributed by atoms with van der Waals surface area (Å²) in [6, 6.07) is 14.0. The first-order valence-electron chi connectivity index (χ1n) is 13.4. The lowest BCUT2D eigenvalue weighted by atomic mass is 10.1. The monoisotopic (exact) mass is 630 g/mol. The van der Waals surface area contributed by atoms with E-state index in [-0.39, 0.29) is 34.6 Å². The number of nitro groups is 1. The molecule has 3 aromatic rings. The molecule has 43 heavy (non-hydrogen) atoms. The van der Waals surface area contributed by atoms with Crippen molar-refractivity contribution in [3.05, 3.63) is 92.5 Å². The highest BCUT2D eigenvalue weighted by molar-refractivity contribution is 7.92. The Labute approximate surface area is 256 Å². The van der Waals surface area contributed by atoms with Gasteiger partial charge in [-0.1, -0.05) is 41.9 Å². The van der Waals surface area contributed by atoms with Gasteiger partial charge in [-0.25, -0.2) is 8.42 Å². The maximum Gasteiger partial charge on any atom is 0.273 e. The number of hydrogen-bond donors (Lipinski definition) is 1. The summed E-state index contributed by atoms with van der Waals surface area (Å²) in [6.45, 7) is 7.77. The molecule has 2 amide bonds. The number of carbonyl (C=O) groups excluding carboxylic acids is 2. The van der Waals surface area contributed by atoms with Crippen molar-refractivity contribution in [3.63, 3.8) is 0 Å². The second kappa shape index (κ2) is 13.9. The number of carbonyl (C=O) groups is 2. The Morgan fingerprint density at radius 3 is 2.30 bits per heavy atom. The normalized spacial score (nSPS) is 12.0. The number of nitro benzene ring substituents is 1. The molecule has 3 aromatic carbocycles. The number of aryl methyl sites for hydroxylation is 2. The van der Waals surface area contributed by atoms with E-state index in [0.29, 0.717) is 0 Å². The zero-order chi connectivity index (χ0) is 32.1. The van der Waals surface area contributed by atoms with Gasteiger partial charge in [0.15, 0.2) is 0 Å². The largest absolute Gasteiger partial charge is 0.495 e. The lowest BCUT2D eigenvalue weighted by Crippen LogP contribution is -2.52. The smallest absolute Gasteiger partial charge is 0.273 e. The van der Waals surface area contributed by atoms with Crippen LogP contribution in [0.15, 0.2) is 65.6 Å². The number of nitrogens with zero attached hydrogens (tertiary/aromatic N) is 3. The van der Waals surface area contributed by atoms with Crippen LogP contribution in [0.4, 0.5) is 11.4 Å². The average molecular weight is 631 g/mol. The minimum absolute atomic E-state index is 0.0226. The van der Waals surface area contributed by atoms with E-state index in [1.165, 1.54) is 49.3 Å². The first kappa shape index (κ1) is 33.3. The van der Waals surface area contributed by atoms with Crippen molar-refractivity contribution in [3.8, 4) is 5.75 Å². The van der Waals surface area contributed by atoms with Gasteiger partial charge in [0.25, 0.3) is 15.7 Å². The Bertz CT molecular complexity index is 1630. The summed E-state index contributed by atoms with van der Waals surface area (Å²) in [4.78, 5) is 39.1. The van der Waals surface area contributed by atoms with Gasteiger partial charge in [0, 0.05) is 29.2 Å². The van der Waals surface area contributed by atoms with E-state index >= 15 is 0 Å². The summed E-state index contributed by atoms with van der Waals surface area (Å²) in [5.41, 5.74) is 1.46. The lowest BCUT2D eigenvalue weighted by Gasteiger charge is -2.33.